The third-order valence-corrected chi connectivity index (χ3v) is 4.44. The van der Waals surface area contributed by atoms with Crippen molar-refractivity contribution >= 4 is 5.91 Å². The lowest BCUT2D eigenvalue weighted by Crippen LogP contribution is -3.16. The van der Waals surface area contributed by atoms with E-state index in [4.69, 9.17) is 9.47 Å². The third-order valence-electron chi connectivity index (χ3n) is 4.44. The minimum atomic E-state index is 0.0722. The van der Waals surface area contributed by atoms with E-state index in [1.807, 2.05) is 12.1 Å². The van der Waals surface area contributed by atoms with Gasteiger partial charge in [0.05, 0.1) is 6.54 Å². The third kappa shape index (κ3) is 6.67. The zero-order chi connectivity index (χ0) is 18.4. The molecule has 0 radical (unpaired) electrons. The van der Waals surface area contributed by atoms with Gasteiger partial charge in [-0.05, 0) is 37.0 Å². The fourth-order valence-electron chi connectivity index (χ4n) is 3.23. The van der Waals surface area contributed by atoms with Crippen molar-refractivity contribution in [1.82, 2.24) is 5.32 Å². The Morgan fingerprint density at radius 3 is 2.36 bits per heavy atom. The Kier molecular flexibility index (Phi) is 6.85. The van der Waals surface area contributed by atoms with Gasteiger partial charge in [0.15, 0.2) is 6.54 Å². The summed E-state index contributed by atoms with van der Waals surface area (Å²) in [6.45, 7) is 14.0. The molecule has 1 aliphatic heterocycles. The minimum absolute atomic E-state index is 0.0722. The molecule has 1 aliphatic rings. The minimum Gasteiger partial charge on any atom is -0.492 e. The summed E-state index contributed by atoms with van der Waals surface area (Å²) in [5.74, 6) is 0.909. The van der Waals surface area contributed by atoms with Gasteiger partial charge in [0.2, 0.25) is 0 Å². The molecule has 2 atom stereocenters. The van der Waals surface area contributed by atoms with Crippen molar-refractivity contribution in [3.05, 3.63) is 29.8 Å². The number of carbonyl (C=O) groups excluding carboxylic acids is 1. The summed E-state index contributed by atoms with van der Waals surface area (Å²) in [5, 5.41) is 2.94. The first-order valence-corrected chi connectivity index (χ1v) is 9.23. The summed E-state index contributed by atoms with van der Waals surface area (Å²) in [7, 11) is 0. The molecule has 1 heterocycles. The summed E-state index contributed by atoms with van der Waals surface area (Å²) in [4.78, 5) is 13.3. The van der Waals surface area contributed by atoms with Gasteiger partial charge in [-0.15, -0.1) is 0 Å². The Labute approximate surface area is 151 Å². The Morgan fingerprint density at radius 2 is 1.80 bits per heavy atom. The zero-order valence-electron chi connectivity index (χ0n) is 16.2. The van der Waals surface area contributed by atoms with Crippen LogP contribution in [0.2, 0.25) is 0 Å². The molecule has 140 valence electrons. The van der Waals surface area contributed by atoms with Crippen molar-refractivity contribution in [2.24, 2.45) is 0 Å². The van der Waals surface area contributed by atoms with Gasteiger partial charge in [0.25, 0.3) is 5.91 Å². The molecule has 0 aromatic heterocycles. The zero-order valence-corrected chi connectivity index (χ0v) is 16.2. The molecule has 0 saturated carbocycles. The van der Waals surface area contributed by atoms with Crippen LogP contribution in [0.25, 0.3) is 0 Å². The van der Waals surface area contributed by atoms with Gasteiger partial charge in [-0.3, -0.25) is 4.79 Å². The van der Waals surface area contributed by atoms with Crippen LogP contribution in [0.3, 0.4) is 0 Å². The highest BCUT2D eigenvalue weighted by Crippen LogP contribution is 2.24. The molecule has 0 unspecified atom stereocenters. The number of rotatable bonds is 6. The highest BCUT2D eigenvalue weighted by atomic mass is 16.5. The number of ether oxygens (including phenoxy) is 2. The van der Waals surface area contributed by atoms with Gasteiger partial charge in [0, 0.05) is 0 Å². The van der Waals surface area contributed by atoms with Crippen LogP contribution in [-0.4, -0.2) is 50.9 Å². The molecule has 2 rings (SSSR count). The molecule has 1 amide bonds. The van der Waals surface area contributed by atoms with Crippen LogP contribution in [0.5, 0.6) is 5.75 Å². The second kappa shape index (κ2) is 8.68. The first kappa shape index (κ1) is 19.7. The van der Waals surface area contributed by atoms with E-state index in [0.717, 1.165) is 18.8 Å². The molecule has 1 saturated heterocycles. The molecule has 25 heavy (non-hydrogen) atoms. The molecule has 5 nitrogen and oxygen atoms in total. The average Bonchev–Trinajstić information content (AvgIpc) is 2.50. The Hall–Kier alpha value is -1.59. The monoisotopic (exact) mass is 349 g/mol. The predicted octanol–water partition coefficient (Wildman–Crippen LogP) is 1.17. The number of benzene rings is 1. The summed E-state index contributed by atoms with van der Waals surface area (Å²) in [5.41, 5.74) is 1.42. The highest BCUT2D eigenvalue weighted by molar-refractivity contribution is 5.76. The van der Waals surface area contributed by atoms with Gasteiger partial charge in [-0.2, -0.15) is 0 Å². The summed E-state index contributed by atoms with van der Waals surface area (Å²) in [6.07, 6.45) is 0.428. The molecule has 1 fully saturated rings. The van der Waals surface area contributed by atoms with E-state index in [-0.39, 0.29) is 23.5 Å². The standard InChI is InChI=1S/C20H32N2O3/c1-15-12-22(13-16(2)25-15)14-19(23)21-10-11-24-18-8-6-17(7-9-18)20(3,4)5/h6-9,15-16H,10-14H2,1-5H3,(H,21,23)/p+1/t15-,16-/m1/s1. The number of morpholine rings is 1. The van der Waals surface area contributed by atoms with E-state index in [1.165, 1.54) is 10.5 Å². The first-order valence-electron chi connectivity index (χ1n) is 9.23. The summed E-state index contributed by atoms with van der Waals surface area (Å²) in [6, 6.07) is 8.17. The lowest BCUT2D eigenvalue weighted by atomic mass is 9.87. The number of carbonyl (C=O) groups is 1. The van der Waals surface area contributed by atoms with Crippen molar-refractivity contribution in [3.63, 3.8) is 0 Å². The van der Waals surface area contributed by atoms with Crippen molar-refractivity contribution in [2.45, 2.75) is 52.2 Å². The maximum atomic E-state index is 12.1. The summed E-state index contributed by atoms with van der Waals surface area (Å²) < 4.78 is 11.4. The van der Waals surface area contributed by atoms with Gasteiger partial charge in [0.1, 0.15) is 37.7 Å². The lowest BCUT2D eigenvalue weighted by Gasteiger charge is -2.31. The number of hydrogen-bond donors (Lipinski definition) is 2. The predicted molar refractivity (Wildman–Crippen MR) is 99.2 cm³/mol. The van der Waals surface area contributed by atoms with Gasteiger partial charge in [-0.25, -0.2) is 0 Å². The van der Waals surface area contributed by atoms with E-state index < -0.39 is 0 Å². The van der Waals surface area contributed by atoms with E-state index >= 15 is 0 Å². The van der Waals surface area contributed by atoms with Gasteiger partial charge < -0.3 is 19.7 Å². The quantitative estimate of drug-likeness (QED) is 0.758. The van der Waals surface area contributed by atoms with Crippen molar-refractivity contribution < 1.29 is 19.2 Å². The Bertz CT molecular complexity index is 541. The van der Waals surface area contributed by atoms with Gasteiger partial charge >= 0.3 is 0 Å². The maximum Gasteiger partial charge on any atom is 0.275 e. The van der Waals surface area contributed by atoms with Crippen LogP contribution in [0.15, 0.2) is 24.3 Å². The van der Waals surface area contributed by atoms with Crippen LogP contribution in [0.1, 0.15) is 40.2 Å². The van der Waals surface area contributed by atoms with E-state index in [9.17, 15) is 4.79 Å². The number of amides is 1. The van der Waals surface area contributed by atoms with Crippen molar-refractivity contribution in [1.29, 1.82) is 0 Å². The maximum absolute atomic E-state index is 12.1. The normalized spacial score (nSPS) is 24.0. The molecule has 0 aliphatic carbocycles. The van der Waals surface area contributed by atoms with E-state index in [1.54, 1.807) is 0 Å². The van der Waals surface area contributed by atoms with Crippen LogP contribution in [0.4, 0.5) is 0 Å². The molecule has 1 aromatic rings. The number of nitrogens with one attached hydrogen (secondary N) is 2. The van der Waals surface area contributed by atoms with Crippen LogP contribution >= 0.6 is 0 Å². The van der Waals surface area contributed by atoms with Crippen LogP contribution in [0, 0.1) is 0 Å². The molecule has 0 bridgehead atoms. The Balaban J connectivity index is 1.66. The van der Waals surface area contributed by atoms with Crippen molar-refractivity contribution in [2.75, 3.05) is 32.8 Å². The number of quaternary nitrogens is 1. The summed E-state index contributed by atoms with van der Waals surface area (Å²) >= 11 is 0. The second-order valence-corrected chi connectivity index (χ2v) is 8.07. The topological polar surface area (TPSA) is 52.0 Å². The van der Waals surface area contributed by atoms with Crippen LogP contribution in [-0.2, 0) is 14.9 Å². The first-order chi connectivity index (χ1) is 11.7. The molecular formula is C20H33N2O3+. The SMILES string of the molecule is C[C@@H]1C[NH+](CC(=O)NCCOc2ccc(C(C)(C)C)cc2)C[C@@H](C)O1. The molecule has 5 heteroatoms. The highest BCUT2D eigenvalue weighted by Gasteiger charge is 2.26. The smallest absolute Gasteiger partial charge is 0.275 e. The lowest BCUT2D eigenvalue weighted by molar-refractivity contribution is -0.907. The average molecular weight is 349 g/mol. The molecule has 1 aromatic carbocycles. The van der Waals surface area contributed by atoms with E-state index in [0.29, 0.717) is 19.7 Å². The second-order valence-electron chi connectivity index (χ2n) is 8.07. The molecule has 0 spiro atoms. The number of hydrogen-bond acceptors (Lipinski definition) is 3. The van der Waals surface area contributed by atoms with E-state index in [2.05, 4.69) is 52.1 Å². The molecular weight excluding hydrogens is 316 g/mol. The van der Waals surface area contributed by atoms with Crippen LogP contribution < -0.4 is 15.0 Å². The fraction of sp³-hybridized carbons (Fsp3) is 0.650. The fourth-order valence-corrected chi connectivity index (χ4v) is 3.23. The molecule has 2 N–H and O–H groups in total. The van der Waals surface area contributed by atoms with Gasteiger partial charge in [-0.1, -0.05) is 32.9 Å². The Morgan fingerprint density at radius 1 is 1.20 bits per heavy atom. The largest absolute Gasteiger partial charge is 0.492 e. The van der Waals surface area contributed by atoms with Crippen molar-refractivity contribution in [3.8, 4) is 5.75 Å².